The number of aromatic nitrogens is 2. The van der Waals surface area contributed by atoms with E-state index in [2.05, 4.69) is 9.97 Å². The third-order valence-corrected chi connectivity index (χ3v) is 4.14. The van der Waals surface area contributed by atoms with Gasteiger partial charge in [-0.15, -0.1) is 0 Å². The molecule has 3 aromatic rings. The molecule has 0 spiro atoms. The van der Waals surface area contributed by atoms with Crippen LogP contribution in [0.3, 0.4) is 0 Å². The van der Waals surface area contributed by atoms with Crippen molar-refractivity contribution >= 4 is 22.9 Å². The second kappa shape index (κ2) is 7.31. The first kappa shape index (κ1) is 17.5. The summed E-state index contributed by atoms with van der Waals surface area (Å²) in [5, 5.41) is 0.963. The summed E-state index contributed by atoms with van der Waals surface area (Å²) in [7, 11) is 4.57. The molecule has 2 aromatic heterocycles. The van der Waals surface area contributed by atoms with Gasteiger partial charge in [0.2, 0.25) is 5.75 Å². The Hall–Kier alpha value is -3.28. The van der Waals surface area contributed by atoms with Crippen LogP contribution >= 0.6 is 0 Å². The number of hydrogen-bond acceptors (Lipinski definition) is 5. The minimum Gasteiger partial charge on any atom is -0.493 e. The van der Waals surface area contributed by atoms with Gasteiger partial charge in [0.1, 0.15) is 5.65 Å². The van der Waals surface area contributed by atoms with Crippen molar-refractivity contribution in [2.45, 2.75) is 6.92 Å². The van der Waals surface area contributed by atoms with E-state index in [4.69, 9.17) is 14.2 Å². The number of hydrogen-bond donors (Lipinski definition) is 1. The van der Waals surface area contributed by atoms with Gasteiger partial charge in [0, 0.05) is 28.9 Å². The summed E-state index contributed by atoms with van der Waals surface area (Å²) < 4.78 is 15.9. The maximum Gasteiger partial charge on any atom is 0.203 e. The molecule has 134 valence electrons. The van der Waals surface area contributed by atoms with E-state index < -0.39 is 0 Å². The second-order valence-electron chi connectivity index (χ2n) is 5.71. The van der Waals surface area contributed by atoms with E-state index in [-0.39, 0.29) is 5.78 Å². The summed E-state index contributed by atoms with van der Waals surface area (Å²) in [6.07, 6.45) is 5.40. The average Bonchev–Trinajstić information content (AvgIpc) is 3.09. The first-order valence-electron chi connectivity index (χ1n) is 8.04. The van der Waals surface area contributed by atoms with Crippen LogP contribution in [0.4, 0.5) is 0 Å². The predicted octanol–water partition coefficient (Wildman–Crippen LogP) is 3.87. The fraction of sp³-hybridized carbons (Fsp3) is 0.200. The number of pyridine rings is 1. The van der Waals surface area contributed by atoms with Crippen LogP contribution in [-0.4, -0.2) is 37.1 Å². The lowest BCUT2D eigenvalue weighted by Crippen LogP contribution is -2.03. The molecule has 0 aliphatic rings. The minimum absolute atomic E-state index is 0.123. The maximum atomic E-state index is 12.9. The third-order valence-electron chi connectivity index (χ3n) is 4.14. The van der Waals surface area contributed by atoms with E-state index in [0.717, 1.165) is 16.6 Å². The first-order chi connectivity index (χ1) is 12.6. The fourth-order valence-corrected chi connectivity index (χ4v) is 2.84. The predicted molar refractivity (Wildman–Crippen MR) is 100 cm³/mol. The summed E-state index contributed by atoms with van der Waals surface area (Å²) in [4.78, 5) is 20.3. The molecule has 0 atom stereocenters. The number of ketones is 1. The molecule has 0 aliphatic carbocycles. The second-order valence-corrected chi connectivity index (χ2v) is 5.71. The number of carbonyl (C=O) groups is 1. The Bertz CT molecular complexity index is 963. The van der Waals surface area contributed by atoms with E-state index in [0.29, 0.717) is 28.4 Å². The fourth-order valence-electron chi connectivity index (χ4n) is 2.84. The summed E-state index contributed by atoms with van der Waals surface area (Å²) in [5.41, 5.74) is 2.74. The number of Topliss-reactive ketones (excluding diaryl/α,β-unsaturated/α-hetero) is 1. The van der Waals surface area contributed by atoms with Crippen molar-refractivity contribution in [3.05, 3.63) is 53.4 Å². The maximum absolute atomic E-state index is 12.9. The molecule has 0 fully saturated rings. The molecule has 0 unspecified atom stereocenters. The molecule has 0 amide bonds. The van der Waals surface area contributed by atoms with Crippen LogP contribution in [0, 0.1) is 0 Å². The highest BCUT2D eigenvalue weighted by Crippen LogP contribution is 2.38. The number of aromatic amines is 1. The van der Waals surface area contributed by atoms with Crippen LogP contribution in [-0.2, 0) is 0 Å². The van der Waals surface area contributed by atoms with Crippen LogP contribution in [0.25, 0.3) is 17.1 Å². The highest BCUT2D eigenvalue weighted by molar-refractivity contribution is 6.12. The number of methoxy groups -OCH3 is 3. The number of allylic oxidation sites excluding steroid dienone is 1. The lowest BCUT2D eigenvalue weighted by Gasteiger charge is -2.13. The van der Waals surface area contributed by atoms with Crippen LogP contribution < -0.4 is 14.2 Å². The molecule has 0 saturated heterocycles. The summed E-state index contributed by atoms with van der Waals surface area (Å²) in [6, 6.07) is 7.13. The van der Waals surface area contributed by atoms with Gasteiger partial charge in [-0.25, -0.2) is 4.98 Å². The van der Waals surface area contributed by atoms with E-state index in [1.807, 2.05) is 24.4 Å². The van der Waals surface area contributed by atoms with Gasteiger partial charge < -0.3 is 19.2 Å². The first-order valence-corrected chi connectivity index (χ1v) is 8.04. The van der Waals surface area contributed by atoms with Gasteiger partial charge in [-0.2, -0.15) is 0 Å². The zero-order chi connectivity index (χ0) is 18.7. The number of carbonyl (C=O) groups excluding carboxylic acids is 1. The number of fused-ring (bicyclic) bond motifs is 1. The van der Waals surface area contributed by atoms with Gasteiger partial charge in [0.25, 0.3) is 0 Å². The van der Waals surface area contributed by atoms with Crippen molar-refractivity contribution in [1.29, 1.82) is 0 Å². The molecule has 1 aromatic carbocycles. The number of H-pyrrole nitrogens is 1. The number of nitrogens with one attached hydrogen (secondary N) is 1. The molecule has 3 rings (SSSR count). The van der Waals surface area contributed by atoms with Crippen molar-refractivity contribution in [2.24, 2.45) is 0 Å². The van der Waals surface area contributed by atoms with Crippen molar-refractivity contribution in [1.82, 2.24) is 9.97 Å². The summed E-state index contributed by atoms with van der Waals surface area (Å²) in [6.45, 7) is 1.78. The molecule has 0 saturated carbocycles. The molecule has 0 radical (unpaired) electrons. The Morgan fingerprint density at radius 1 is 1.12 bits per heavy atom. The van der Waals surface area contributed by atoms with Crippen molar-refractivity contribution < 1.29 is 19.0 Å². The van der Waals surface area contributed by atoms with Gasteiger partial charge in [-0.1, -0.05) is 0 Å². The normalized spacial score (nSPS) is 11.5. The molecule has 2 heterocycles. The van der Waals surface area contributed by atoms with Crippen LogP contribution in [0.1, 0.15) is 22.8 Å². The molecule has 6 heteroatoms. The molecule has 26 heavy (non-hydrogen) atoms. The zero-order valence-corrected chi connectivity index (χ0v) is 15.1. The Balaban J connectivity index is 2.00. The standard InChI is InChI=1S/C20H20N2O4/c1-12(8-14-11-22-20-15(14)6-5-7-21-20)18(23)13-9-16(24-2)19(26-4)17(10-13)25-3/h5-11H,1-4H3,(H,21,22). The molecular weight excluding hydrogens is 332 g/mol. The average molecular weight is 352 g/mol. The summed E-state index contributed by atoms with van der Waals surface area (Å²) >= 11 is 0. The Morgan fingerprint density at radius 3 is 2.42 bits per heavy atom. The van der Waals surface area contributed by atoms with Gasteiger partial charge >= 0.3 is 0 Å². The molecule has 1 N–H and O–H groups in total. The van der Waals surface area contributed by atoms with Crippen LogP contribution in [0.5, 0.6) is 17.2 Å². The van der Waals surface area contributed by atoms with E-state index in [1.54, 1.807) is 25.3 Å². The molecule has 6 nitrogen and oxygen atoms in total. The lowest BCUT2D eigenvalue weighted by atomic mass is 10.0. The number of ether oxygens (including phenoxy) is 3. The van der Waals surface area contributed by atoms with Gasteiger partial charge in [-0.05, 0) is 42.8 Å². The van der Waals surface area contributed by atoms with Crippen LogP contribution in [0.15, 0.2) is 42.2 Å². The highest BCUT2D eigenvalue weighted by Gasteiger charge is 2.18. The van der Waals surface area contributed by atoms with Gasteiger partial charge in [0.05, 0.1) is 21.3 Å². The highest BCUT2D eigenvalue weighted by atomic mass is 16.5. The van der Waals surface area contributed by atoms with E-state index in [1.165, 1.54) is 21.3 Å². The Morgan fingerprint density at radius 2 is 1.81 bits per heavy atom. The zero-order valence-electron chi connectivity index (χ0n) is 15.1. The SMILES string of the molecule is COc1cc(C(=O)C(C)=Cc2c[nH]c3ncccc23)cc(OC)c1OC. The Kier molecular flexibility index (Phi) is 4.93. The minimum atomic E-state index is -0.123. The van der Waals surface area contributed by atoms with Crippen molar-refractivity contribution in [2.75, 3.05) is 21.3 Å². The van der Waals surface area contributed by atoms with Gasteiger partial charge in [-0.3, -0.25) is 4.79 Å². The topological polar surface area (TPSA) is 73.4 Å². The quantitative estimate of drug-likeness (QED) is 0.538. The monoisotopic (exact) mass is 352 g/mol. The largest absolute Gasteiger partial charge is 0.493 e. The Labute approximate surface area is 151 Å². The summed E-state index contributed by atoms with van der Waals surface area (Å²) in [5.74, 6) is 1.22. The number of benzene rings is 1. The van der Waals surface area contributed by atoms with E-state index in [9.17, 15) is 4.79 Å². The molecule has 0 aliphatic heterocycles. The number of nitrogens with zero attached hydrogens (tertiary/aromatic N) is 1. The third kappa shape index (κ3) is 3.13. The smallest absolute Gasteiger partial charge is 0.203 e. The van der Waals surface area contributed by atoms with Crippen molar-refractivity contribution in [3.63, 3.8) is 0 Å². The number of rotatable bonds is 6. The van der Waals surface area contributed by atoms with Crippen molar-refractivity contribution in [3.8, 4) is 17.2 Å². The molecular formula is C20H20N2O4. The lowest BCUT2D eigenvalue weighted by molar-refractivity contribution is 0.103. The molecule has 0 bridgehead atoms. The van der Waals surface area contributed by atoms with E-state index >= 15 is 0 Å². The van der Waals surface area contributed by atoms with Gasteiger partial charge in [0.15, 0.2) is 17.3 Å². The van der Waals surface area contributed by atoms with Crippen LogP contribution in [0.2, 0.25) is 0 Å².